The van der Waals surface area contributed by atoms with Gasteiger partial charge in [0.05, 0.1) is 6.54 Å². The maximum atomic E-state index is 12.0. The van der Waals surface area contributed by atoms with Crippen molar-refractivity contribution in [3.05, 3.63) is 0 Å². The van der Waals surface area contributed by atoms with E-state index in [2.05, 4.69) is 24.1 Å². The fourth-order valence-corrected chi connectivity index (χ4v) is 2.75. The Kier molecular flexibility index (Phi) is 7.84. The van der Waals surface area contributed by atoms with E-state index in [0.717, 1.165) is 26.2 Å². The van der Waals surface area contributed by atoms with E-state index in [1.807, 2.05) is 0 Å². The van der Waals surface area contributed by atoms with Gasteiger partial charge in [0.1, 0.15) is 6.54 Å². The highest BCUT2D eigenvalue weighted by Crippen LogP contribution is 2.21. The smallest absolute Gasteiger partial charge is 0.344 e. The molecule has 136 valence electrons. The predicted octanol–water partition coefficient (Wildman–Crippen LogP) is 0.609. The summed E-state index contributed by atoms with van der Waals surface area (Å²) >= 11 is 0. The Bertz CT molecular complexity index is 484. The van der Waals surface area contributed by atoms with Crippen molar-refractivity contribution in [3.63, 3.8) is 0 Å². The maximum Gasteiger partial charge on any atom is 0.352 e. The molecule has 0 aromatic carbocycles. The number of amides is 3. The summed E-state index contributed by atoms with van der Waals surface area (Å²) in [5.41, 5.74) is 0. The lowest BCUT2D eigenvalue weighted by molar-refractivity contribution is -0.200. The third kappa shape index (κ3) is 5.92. The summed E-state index contributed by atoms with van der Waals surface area (Å²) in [4.78, 5) is 53.3. The summed E-state index contributed by atoms with van der Waals surface area (Å²) in [6.07, 6.45) is 3.28. The van der Waals surface area contributed by atoms with Gasteiger partial charge in [-0.3, -0.25) is 19.3 Å². The molecule has 2 unspecified atom stereocenters. The molecule has 0 saturated carbocycles. The summed E-state index contributed by atoms with van der Waals surface area (Å²) in [7, 11) is 0. The molecule has 1 aliphatic heterocycles. The van der Waals surface area contributed by atoms with Crippen LogP contribution in [0, 0.1) is 0 Å². The molecule has 0 aromatic rings. The number of nitrogens with zero attached hydrogens (tertiary/aromatic N) is 2. The molecule has 0 bridgehead atoms. The zero-order valence-corrected chi connectivity index (χ0v) is 14.8. The molecule has 8 heteroatoms. The summed E-state index contributed by atoms with van der Waals surface area (Å²) in [5, 5.41) is 2.89. The quantitative estimate of drug-likeness (QED) is 0.736. The number of imide groups is 1. The molecule has 1 rings (SSSR count). The van der Waals surface area contributed by atoms with Crippen molar-refractivity contribution in [2.45, 2.75) is 65.5 Å². The van der Waals surface area contributed by atoms with Gasteiger partial charge in [-0.2, -0.15) is 0 Å². The topological polar surface area (TPSA) is 96.0 Å². The van der Waals surface area contributed by atoms with E-state index in [4.69, 9.17) is 4.84 Å². The minimum atomic E-state index is -0.861. The average molecular weight is 341 g/mol. The Morgan fingerprint density at radius 2 is 1.75 bits per heavy atom. The third-order valence-electron chi connectivity index (χ3n) is 4.14. The van der Waals surface area contributed by atoms with Crippen molar-refractivity contribution in [2.24, 2.45) is 0 Å². The first-order valence-electron chi connectivity index (χ1n) is 8.33. The molecule has 1 fully saturated rings. The maximum absolute atomic E-state index is 12.0. The first-order valence-corrected chi connectivity index (χ1v) is 8.33. The van der Waals surface area contributed by atoms with Gasteiger partial charge in [0.2, 0.25) is 5.91 Å². The number of hydrogen-bond acceptors (Lipinski definition) is 6. The first kappa shape index (κ1) is 20.1. The van der Waals surface area contributed by atoms with E-state index >= 15 is 0 Å². The van der Waals surface area contributed by atoms with Gasteiger partial charge in [0, 0.05) is 25.4 Å². The summed E-state index contributed by atoms with van der Waals surface area (Å²) in [5.74, 6) is -2.44. The van der Waals surface area contributed by atoms with Crippen LogP contribution in [0.25, 0.3) is 0 Å². The van der Waals surface area contributed by atoms with E-state index in [0.29, 0.717) is 17.1 Å². The number of carbonyl (C=O) groups excluding carboxylic acids is 4. The van der Waals surface area contributed by atoms with Gasteiger partial charge in [0.15, 0.2) is 0 Å². The first-order chi connectivity index (χ1) is 11.3. The molecule has 8 nitrogen and oxygen atoms in total. The molecule has 0 aliphatic carbocycles. The molecule has 0 spiro atoms. The lowest BCUT2D eigenvalue weighted by Gasteiger charge is -2.38. The van der Waals surface area contributed by atoms with Gasteiger partial charge in [0.25, 0.3) is 11.8 Å². The zero-order chi connectivity index (χ0) is 18.3. The number of hydrogen-bond donors (Lipinski definition) is 1. The van der Waals surface area contributed by atoms with E-state index in [9.17, 15) is 19.2 Å². The van der Waals surface area contributed by atoms with Gasteiger partial charge >= 0.3 is 5.97 Å². The molecule has 1 N–H and O–H groups in total. The highest BCUT2D eigenvalue weighted by atomic mass is 16.7. The van der Waals surface area contributed by atoms with E-state index in [-0.39, 0.29) is 18.9 Å². The van der Waals surface area contributed by atoms with Crippen LogP contribution >= 0.6 is 0 Å². The molecular formula is C16H27N3O5. The van der Waals surface area contributed by atoms with Crippen LogP contribution in [0.3, 0.4) is 0 Å². The number of nitrogens with one attached hydrogen (secondary N) is 1. The Hall–Kier alpha value is -1.96. The van der Waals surface area contributed by atoms with Crippen LogP contribution in [0.5, 0.6) is 0 Å². The van der Waals surface area contributed by atoms with Crippen molar-refractivity contribution < 1.29 is 24.0 Å². The SMILES string of the molecule is CCC(=O)N(OC(=O)CNC(=O)CN1C(C)CCCC1C)C(C)=O. The fourth-order valence-electron chi connectivity index (χ4n) is 2.75. The average Bonchev–Trinajstić information content (AvgIpc) is 2.53. The molecule has 0 aromatic heterocycles. The molecule has 24 heavy (non-hydrogen) atoms. The number of hydroxylamine groups is 2. The molecule has 3 amide bonds. The van der Waals surface area contributed by atoms with Gasteiger partial charge in [-0.05, 0) is 26.7 Å². The van der Waals surface area contributed by atoms with E-state index < -0.39 is 24.3 Å². The summed E-state index contributed by atoms with van der Waals surface area (Å²) < 4.78 is 0. The Morgan fingerprint density at radius 3 is 2.25 bits per heavy atom. The lowest BCUT2D eigenvalue weighted by Crippen LogP contribution is -2.49. The second-order valence-electron chi connectivity index (χ2n) is 6.10. The number of carbonyl (C=O) groups is 4. The zero-order valence-electron chi connectivity index (χ0n) is 14.8. The van der Waals surface area contributed by atoms with Gasteiger partial charge < -0.3 is 10.2 Å². The number of likely N-dealkylation sites (tertiary alicyclic amines) is 1. The second-order valence-corrected chi connectivity index (χ2v) is 6.10. The van der Waals surface area contributed by atoms with E-state index in [1.54, 1.807) is 6.92 Å². The normalized spacial score (nSPS) is 21.0. The van der Waals surface area contributed by atoms with Crippen LogP contribution in [-0.4, -0.2) is 58.8 Å². The van der Waals surface area contributed by atoms with Crippen LogP contribution in [0.1, 0.15) is 53.4 Å². The molecule has 1 aliphatic rings. The summed E-state index contributed by atoms with van der Waals surface area (Å²) in [6, 6.07) is 0.642. The van der Waals surface area contributed by atoms with Crippen molar-refractivity contribution in [1.82, 2.24) is 15.3 Å². The largest absolute Gasteiger partial charge is 0.352 e. The van der Waals surface area contributed by atoms with E-state index in [1.165, 1.54) is 0 Å². The Balaban J connectivity index is 2.44. The number of piperidine rings is 1. The Morgan fingerprint density at radius 1 is 1.17 bits per heavy atom. The monoisotopic (exact) mass is 341 g/mol. The molecule has 1 saturated heterocycles. The van der Waals surface area contributed by atoms with Gasteiger partial charge in [-0.15, -0.1) is 5.06 Å². The third-order valence-corrected chi connectivity index (χ3v) is 4.14. The van der Waals surface area contributed by atoms with Crippen LogP contribution < -0.4 is 5.32 Å². The highest BCUT2D eigenvalue weighted by Gasteiger charge is 2.27. The minimum Gasteiger partial charge on any atom is -0.344 e. The molecule has 1 heterocycles. The standard InChI is InChI=1S/C16H27N3O5/c1-5-15(22)19(13(4)20)24-16(23)9-17-14(21)10-18-11(2)7-6-8-12(18)3/h11-12H,5-10H2,1-4H3,(H,17,21). The Labute approximate surface area is 142 Å². The van der Waals surface area contributed by atoms with Gasteiger partial charge in [-0.25, -0.2) is 4.79 Å². The molecule has 2 atom stereocenters. The molecule has 0 radical (unpaired) electrons. The van der Waals surface area contributed by atoms with Crippen LogP contribution in [0.4, 0.5) is 0 Å². The van der Waals surface area contributed by atoms with Crippen molar-refractivity contribution in [2.75, 3.05) is 13.1 Å². The highest BCUT2D eigenvalue weighted by molar-refractivity contribution is 5.94. The lowest BCUT2D eigenvalue weighted by atomic mass is 9.97. The summed E-state index contributed by atoms with van der Waals surface area (Å²) in [6.45, 7) is 6.65. The predicted molar refractivity (Wildman–Crippen MR) is 86.4 cm³/mol. The van der Waals surface area contributed by atoms with Crippen molar-refractivity contribution in [3.8, 4) is 0 Å². The fraction of sp³-hybridized carbons (Fsp3) is 0.750. The van der Waals surface area contributed by atoms with Crippen LogP contribution in [-0.2, 0) is 24.0 Å². The van der Waals surface area contributed by atoms with Crippen molar-refractivity contribution in [1.29, 1.82) is 0 Å². The minimum absolute atomic E-state index is 0.0317. The van der Waals surface area contributed by atoms with Gasteiger partial charge in [-0.1, -0.05) is 13.3 Å². The van der Waals surface area contributed by atoms with Crippen molar-refractivity contribution >= 4 is 23.7 Å². The molecular weight excluding hydrogens is 314 g/mol. The second kappa shape index (κ2) is 9.36. The van der Waals surface area contributed by atoms with Crippen LogP contribution in [0.15, 0.2) is 0 Å². The number of rotatable bonds is 5. The van der Waals surface area contributed by atoms with Crippen LogP contribution in [0.2, 0.25) is 0 Å².